The first-order chi connectivity index (χ1) is 31.1. The Morgan fingerprint density at radius 2 is 1.12 bits per heavy atom. The highest BCUT2D eigenvalue weighted by molar-refractivity contribution is 6.06. The number of carbonyl (C=O) groups excluding carboxylic acids is 4. The van der Waals surface area contributed by atoms with Crippen LogP contribution in [-0.2, 0) is 33.3 Å². The minimum absolute atomic E-state index is 0.154. The molecule has 5 saturated heterocycles. The quantitative estimate of drug-likeness (QED) is 0.171. The molecule has 0 radical (unpaired) electrons. The fraction of sp³-hybridized carbons (Fsp3) is 0.849. The van der Waals surface area contributed by atoms with Gasteiger partial charge < -0.3 is 49.4 Å². The monoisotopic (exact) mass is 936 g/mol. The predicted molar refractivity (Wildman–Crippen MR) is 242 cm³/mol. The van der Waals surface area contributed by atoms with Crippen LogP contribution in [0.5, 0.6) is 0 Å². The SMILES string of the molecule is C=C1C(=O)[C@]23[C@H](O)[C@H]1CC[C@H]2[C@@]12CO[C@@]3(O)[C@@H](O)[C@@H]1C(C)(C)CC[C@@H]2C.C=C1C(=O)[C@]23[C@H](OC(=O)C4CCN(C(=O)OC(C)(C)C)CC4)[C@H]1CC[C@H]2[C@@]12CO[C@@]3(O)[C@@H](O)[C@@H]1C(C)(C)CC[C@@H]2C. The molecule has 4 spiro atoms. The highest BCUT2D eigenvalue weighted by atomic mass is 16.7. The molecular formula is C53H77NO13. The Bertz CT molecular complexity index is 2170. The Labute approximate surface area is 395 Å². The van der Waals surface area contributed by atoms with E-state index in [1.807, 2.05) is 20.8 Å². The second-order valence-electron chi connectivity index (χ2n) is 25.9. The lowest BCUT2D eigenvalue weighted by atomic mass is 9.34. The molecule has 5 heterocycles. The molecule has 18 atom stereocenters. The summed E-state index contributed by atoms with van der Waals surface area (Å²) in [6.07, 6.45) is 2.60. The van der Waals surface area contributed by atoms with Crippen molar-refractivity contribution in [1.29, 1.82) is 0 Å². The first-order valence-corrected chi connectivity index (χ1v) is 25.5. The summed E-state index contributed by atoms with van der Waals surface area (Å²) in [6.45, 7) is 27.9. The normalized spacial score (nSPS) is 50.9. The third-order valence-electron chi connectivity index (χ3n) is 21.4. The predicted octanol–water partition coefficient (Wildman–Crippen LogP) is 5.50. The maximum atomic E-state index is 14.3. The van der Waals surface area contributed by atoms with Gasteiger partial charge in [-0.15, -0.1) is 0 Å². The van der Waals surface area contributed by atoms with Crippen molar-refractivity contribution in [2.24, 2.45) is 85.8 Å². The summed E-state index contributed by atoms with van der Waals surface area (Å²) in [5.41, 5.74) is -4.25. The number of rotatable bonds is 2. The van der Waals surface area contributed by atoms with Crippen molar-refractivity contribution < 1.29 is 63.7 Å². The van der Waals surface area contributed by atoms with Crippen molar-refractivity contribution in [3.05, 3.63) is 24.3 Å². The van der Waals surface area contributed by atoms with Crippen LogP contribution in [0, 0.1) is 85.8 Å². The molecule has 0 unspecified atom stereocenters. The van der Waals surface area contributed by atoms with Gasteiger partial charge in [0.2, 0.25) is 11.6 Å². The van der Waals surface area contributed by atoms with E-state index in [2.05, 4.69) is 54.7 Å². The van der Waals surface area contributed by atoms with Crippen molar-refractivity contribution in [2.45, 2.75) is 168 Å². The Kier molecular flexibility index (Phi) is 10.5. The number of piperidine rings is 1. The maximum absolute atomic E-state index is 14.3. The van der Waals surface area contributed by atoms with Crippen molar-refractivity contribution in [2.75, 3.05) is 26.3 Å². The van der Waals surface area contributed by atoms with E-state index in [-0.39, 0.29) is 70.4 Å². The van der Waals surface area contributed by atoms with Gasteiger partial charge in [-0.25, -0.2) is 4.79 Å². The second-order valence-corrected chi connectivity index (χ2v) is 25.9. The van der Waals surface area contributed by atoms with E-state index in [0.717, 1.165) is 32.1 Å². The van der Waals surface area contributed by atoms with Crippen LogP contribution in [-0.4, -0.2) is 122 Å². The molecule has 0 aromatic carbocycles. The van der Waals surface area contributed by atoms with Crippen LogP contribution >= 0.6 is 0 Å². The molecule has 0 aromatic heterocycles. The van der Waals surface area contributed by atoms with Crippen molar-refractivity contribution in [1.82, 2.24) is 4.90 Å². The number of amides is 1. The summed E-state index contributed by atoms with van der Waals surface area (Å²) in [4.78, 5) is 55.6. The van der Waals surface area contributed by atoms with Gasteiger partial charge in [0.1, 0.15) is 34.7 Å². The summed E-state index contributed by atoms with van der Waals surface area (Å²) >= 11 is 0. The van der Waals surface area contributed by atoms with Gasteiger partial charge in [0.05, 0.1) is 25.2 Å². The third-order valence-corrected chi connectivity index (χ3v) is 21.4. The van der Waals surface area contributed by atoms with Gasteiger partial charge in [-0.05, 0) is 131 Å². The highest BCUT2D eigenvalue weighted by Gasteiger charge is 2.88. The van der Waals surface area contributed by atoms with E-state index in [0.29, 0.717) is 62.9 Å². The number of hydrogen-bond acceptors (Lipinski definition) is 13. The van der Waals surface area contributed by atoms with Gasteiger partial charge in [0, 0.05) is 47.6 Å². The lowest BCUT2D eigenvalue weighted by molar-refractivity contribution is -0.455. The zero-order valence-corrected chi connectivity index (χ0v) is 41.3. The van der Waals surface area contributed by atoms with E-state index in [1.165, 1.54) is 0 Å². The fourth-order valence-corrected chi connectivity index (χ4v) is 18.5. The zero-order valence-electron chi connectivity index (χ0n) is 41.3. The number of ether oxygens (including phenoxy) is 4. The van der Waals surface area contributed by atoms with Crippen LogP contribution in [0.15, 0.2) is 24.3 Å². The number of hydrogen-bond donors (Lipinski definition) is 5. The first-order valence-electron chi connectivity index (χ1n) is 25.5. The van der Waals surface area contributed by atoms with Crippen molar-refractivity contribution >= 4 is 23.6 Å². The summed E-state index contributed by atoms with van der Waals surface area (Å²) < 4.78 is 24.0. The van der Waals surface area contributed by atoms with Gasteiger partial charge in [0.15, 0.2) is 11.6 Å². The van der Waals surface area contributed by atoms with Crippen molar-refractivity contribution in [3.8, 4) is 0 Å². The number of esters is 1. The smallest absolute Gasteiger partial charge is 0.410 e. The summed E-state index contributed by atoms with van der Waals surface area (Å²) in [5, 5.41) is 58.7. The molecule has 372 valence electrons. The lowest BCUT2D eigenvalue weighted by Crippen LogP contribution is -2.85. The Morgan fingerprint density at radius 1 is 0.672 bits per heavy atom. The molecule has 5 N–H and O–H groups in total. The maximum Gasteiger partial charge on any atom is 0.410 e. The van der Waals surface area contributed by atoms with Crippen molar-refractivity contribution in [3.63, 3.8) is 0 Å². The van der Waals surface area contributed by atoms with Gasteiger partial charge >= 0.3 is 12.1 Å². The number of aliphatic hydroxyl groups is 5. The van der Waals surface area contributed by atoms with E-state index >= 15 is 0 Å². The zero-order chi connectivity index (χ0) is 48.8. The number of fused-ring (bicyclic) bond motifs is 4. The highest BCUT2D eigenvalue weighted by Crippen LogP contribution is 2.79. The molecule has 8 bridgehead atoms. The van der Waals surface area contributed by atoms with Crippen LogP contribution in [0.2, 0.25) is 0 Å². The van der Waals surface area contributed by atoms with E-state index < -0.39 is 87.1 Å². The van der Waals surface area contributed by atoms with Crippen LogP contribution in [0.25, 0.3) is 0 Å². The molecule has 13 rings (SSSR count). The average molecular weight is 936 g/mol. The lowest BCUT2D eigenvalue weighted by Gasteiger charge is -2.75. The summed E-state index contributed by atoms with van der Waals surface area (Å²) in [7, 11) is 0. The third kappa shape index (κ3) is 5.58. The van der Waals surface area contributed by atoms with E-state index in [4.69, 9.17) is 18.9 Å². The van der Waals surface area contributed by atoms with E-state index in [9.17, 15) is 44.7 Å². The molecule has 0 aromatic rings. The summed E-state index contributed by atoms with van der Waals surface area (Å²) in [6, 6.07) is 0. The van der Waals surface area contributed by atoms with Gasteiger partial charge in [-0.1, -0.05) is 54.7 Å². The van der Waals surface area contributed by atoms with Gasteiger partial charge in [0.25, 0.3) is 0 Å². The number of likely N-dealkylation sites (tertiary alicyclic amines) is 1. The van der Waals surface area contributed by atoms with Crippen LogP contribution in [0.4, 0.5) is 4.79 Å². The first kappa shape index (κ1) is 47.9. The molecule has 67 heavy (non-hydrogen) atoms. The Morgan fingerprint density at radius 3 is 1.63 bits per heavy atom. The number of ketones is 2. The Hall–Kier alpha value is -2.72. The van der Waals surface area contributed by atoms with Crippen LogP contribution in [0.1, 0.15) is 127 Å². The second kappa shape index (κ2) is 14.7. The molecule has 13 fully saturated rings. The van der Waals surface area contributed by atoms with E-state index in [1.54, 1.807) is 4.90 Å². The standard InChI is InChI=1S/C32H47NO8.C21H30O5/c1-17-10-13-29(6,7)22-24(35)32(38)31-21(30(17,22)16-39-32)9-8-20(18(2)23(31)34)25(31)40-26(36)19-11-14-33(15-12-19)27(37)41-28(3,4)5;1-10-7-8-18(3,4)14-17(24)21(25)20-13(19(10,14)9-26-21)6-5-12(16(20)23)11(2)15(20)22/h17,19-22,24-25,35,38H,2,8-16H2,1,3-7H3;10,12-14,16-17,23-25H,2,5-9H2,1,3-4H3/t17-,20-,21-,22+,24-,25+,30-,31-,32-;10-,12-,13-,14+,16+,17-,19-,20-,21-/m00/s1. The fourth-order valence-electron chi connectivity index (χ4n) is 18.5. The minimum Gasteiger partial charge on any atom is -0.460 e. The molecule has 13 aliphatic rings. The molecule has 1 amide bonds. The molecule has 8 saturated carbocycles. The Balaban J connectivity index is 0.000000173. The molecule has 5 aliphatic heterocycles. The summed E-state index contributed by atoms with van der Waals surface area (Å²) in [5.74, 6) is -6.92. The number of aliphatic hydroxyl groups excluding tert-OH is 3. The number of carbonyl (C=O) groups is 4. The van der Waals surface area contributed by atoms with Gasteiger partial charge in [-0.2, -0.15) is 0 Å². The van der Waals surface area contributed by atoms with Gasteiger partial charge in [-0.3, -0.25) is 14.4 Å². The van der Waals surface area contributed by atoms with Crippen LogP contribution in [0.3, 0.4) is 0 Å². The number of nitrogens with zero attached hydrogens (tertiary/aromatic N) is 1. The number of Topliss-reactive ketones (excluding diaryl/α,β-unsaturated/α-hetero) is 2. The molecule has 8 aliphatic carbocycles. The largest absolute Gasteiger partial charge is 0.460 e. The minimum atomic E-state index is -2.17. The molecule has 14 heteroatoms. The molecular weight excluding hydrogens is 859 g/mol. The van der Waals surface area contributed by atoms with Crippen LogP contribution < -0.4 is 0 Å². The topological polar surface area (TPSA) is 210 Å². The average Bonchev–Trinajstić information content (AvgIpc) is 3.43. The molecule has 14 nitrogen and oxygen atoms in total.